The molecule has 0 spiro atoms. The number of carboxylic acid groups (broad SMARTS) is 1. The molecule has 4 rings (SSSR count). The standard InChI is InChI=1S/C21H28O2.C2H4O2/c1-13(22)17-6-7-18-16-5-4-14-12-15(23)8-10-20(14,2)19(16)9-11-21(17,18)3;1-2(3)4/h4-5,12,16-19H,6-11H2,1-3H3;1H3,(H,3,4)/t16-,17+,18-,19+,20+,21+;/m0./s1. The number of fused-ring (bicyclic) bond motifs is 5. The molecule has 4 aliphatic carbocycles. The molecule has 0 bridgehead atoms. The maximum atomic E-state index is 12.1. The van der Waals surface area contributed by atoms with E-state index in [2.05, 4.69) is 26.0 Å². The Labute approximate surface area is 162 Å². The molecule has 4 nitrogen and oxygen atoms in total. The third-order valence-electron chi connectivity index (χ3n) is 8.01. The van der Waals surface area contributed by atoms with Crippen LogP contribution in [0.1, 0.15) is 66.2 Å². The van der Waals surface area contributed by atoms with Crippen molar-refractivity contribution in [2.45, 2.75) is 66.2 Å². The number of allylic oxidation sites excluding steroid dienone is 4. The van der Waals surface area contributed by atoms with Crippen LogP contribution in [0.5, 0.6) is 0 Å². The average Bonchev–Trinajstić information content (AvgIpc) is 2.92. The van der Waals surface area contributed by atoms with Crippen LogP contribution in [0.4, 0.5) is 0 Å². The van der Waals surface area contributed by atoms with E-state index in [0.29, 0.717) is 35.7 Å². The molecule has 0 aromatic rings. The molecule has 0 unspecified atom stereocenters. The minimum absolute atomic E-state index is 0.170. The Morgan fingerprint density at radius 2 is 1.74 bits per heavy atom. The number of hydrogen-bond acceptors (Lipinski definition) is 3. The number of carbonyl (C=O) groups is 3. The summed E-state index contributed by atoms with van der Waals surface area (Å²) in [6.45, 7) is 7.63. The number of carbonyl (C=O) groups excluding carboxylic acids is 2. The Morgan fingerprint density at radius 1 is 1.07 bits per heavy atom. The van der Waals surface area contributed by atoms with E-state index in [4.69, 9.17) is 9.90 Å². The zero-order valence-corrected chi connectivity index (χ0v) is 17.0. The van der Waals surface area contributed by atoms with Crippen LogP contribution in [0.25, 0.3) is 0 Å². The van der Waals surface area contributed by atoms with Gasteiger partial charge in [0.05, 0.1) is 0 Å². The van der Waals surface area contributed by atoms with Gasteiger partial charge < -0.3 is 5.11 Å². The van der Waals surface area contributed by atoms with Gasteiger partial charge >= 0.3 is 0 Å². The highest BCUT2D eigenvalue weighted by atomic mass is 16.4. The molecule has 0 aromatic carbocycles. The first-order valence-corrected chi connectivity index (χ1v) is 10.2. The van der Waals surface area contributed by atoms with Gasteiger partial charge in [0, 0.05) is 19.3 Å². The molecule has 148 valence electrons. The van der Waals surface area contributed by atoms with Crippen LogP contribution < -0.4 is 0 Å². The Morgan fingerprint density at radius 3 is 2.37 bits per heavy atom. The van der Waals surface area contributed by atoms with Crippen LogP contribution in [0, 0.1) is 34.5 Å². The van der Waals surface area contributed by atoms with Crippen LogP contribution in [0.15, 0.2) is 23.8 Å². The van der Waals surface area contributed by atoms with Gasteiger partial charge in [-0.3, -0.25) is 14.4 Å². The summed E-state index contributed by atoms with van der Waals surface area (Å²) in [4.78, 5) is 33.0. The lowest BCUT2D eigenvalue weighted by atomic mass is 9.48. The van der Waals surface area contributed by atoms with Crippen molar-refractivity contribution in [2.75, 3.05) is 0 Å². The Bertz CT molecular complexity index is 714. The van der Waals surface area contributed by atoms with Gasteiger partial charge in [0.2, 0.25) is 0 Å². The van der Waals surface area contributed by atoms with Crippen molar-refractivity contribution in [1.82, 2.24) is 0 Å². The molecular formula is C23H32O4. The van der Waals surface area contributed by atoms with Gasteiger partial charge in [-0.25, -0.2) is 0 Å². The van der Waals surface area contributed by atoms with E-state index in [1.807, 2.05) is 6.08 Å². The lowest BCUT2D eigenvalue weighted by molar-refractivity contribution is -0.134. The molecule has 0 heterocycles. The number of aliphatic carboxylic acids is 1. The lowest BCUT2D eigenvalue weighted by Gasteiger charge is -2.55. The minimum atomic E-state index is -0.833. The van der Waals surface area contributed by atoms with E-state index < -0.39 is 5.97 Å². The molecule has 6 atom stereocenters. The zero-order chi connectivity index (χ0) is 20.0. The summed E-state index contributed by atoms with van der Waals surface area (Å²) in [7, 11) is 0. The molecule has 2 fully saturated rings. The number of hydrogen-bond donors (Lipinski definition) is 1. The van der Waals surface area contributed by atoms with Crippen LogP contribution in [0.3, 0.4) is 0 Å². The normalized spacial score (nSPS) is 42.1. The molecule has 4 aliphatic rings. The zero-order valence-electron chi connectivity index (χ0n) is 17.0. The molecule has 27 heavy (non-hydrogen) atoms. The number of rotatable bonds is 1. The highest BCUT2D eigenvalue weighted by Crippen LogP contribution is 2.65. The second-order valence-corrected chi connectivity index (χ2v) is 9.44. The van der Waals surface area contributed by atoms with Gasteiger partial charge in [-0.05, 0) is 79.3 Å². The third-order valence-corrected chi connectivity index (χ3v) is 8.01. The molecule has 0 radical (unpaired) electrons. The lowest BCUT2D eigenvalue weighted by Crippen LogP contribution is -2.49. The minimum Gasteiger partial charge on any atom is -0.481 e. The fraction of sp³-hybridized carbons (Fsp3) is 0.696. The van der Waals surface area contributed by atoms with Crippen LogP contribution in [-0.4, -0.2) is 22.6 Å². The molecular weight excluding hydrogens is 340 g/mol. The molecule has 0 aromatic heterocycles. The summed E-state index contributed by atoms with van der Waals surface area (Å²) in [5.74, 6) is 1.99. The van der Waals surface area contributed by atoms with Crippen molar-refractivity contribution in [2.24, 2.45) is 34.5 Å². The van der Waals surface area contributed by atoms with E-state index in [1.54, 1.807) is 6.92 Å². The Kier molecular flexibility index (Phi) is 5.22. The van der Waals surface area contributed by atoms with E-state index in [9.17, 15) is 9.59 Å². The van der Waals surface area contributed by atoms with Gasteiger partial charge in [-0.1, -0.05) is 26.0 Å². The first-order valence-electron chi connectivity index (χ1n) is 10.2. The molecule has 4 heteroatoms. The van der Waals surface area contributed by atoms with E-state index in [0.717, 1.165) is 19.8 Å². The number of ketones is 2. The molecule has 0 saturated heterocycles. The van der Waals surface area contributed by atoms with E-state index in [1.165, 1.54) is 24.8 Å². The second kappa shape index (κ2) is 7.03. The number of carboxylic acids is 1. The highest BCUT2D eigenvalue weighted by Gasteiger charge is 2.58. The SMILES string of the molecule is CC(=O)O.CC(=O)[C@H]1CC[C@H]2[C@@H]3C=CC4=CC(=O)CC[C@@]4(C)[C@@H]3CC[C@]12C. The van der Waals surface area contributed by atoms with Crippen LogP contribution >= 0.6 is 0 Å². The maximum absolute atomic E-state index is 12.1. The third kappa shape index (κ3) is 3.32. The monoisotopic (exact) mass is 372 g/mol. The summed E-state index contributed by atoms with van der Waals surface area (Å²) in [5.41, 5.74) is 1.63. The van der Waals surface area contributed by atoms with Gasteiger partial charge in [0.15, 0.2) is 5.78 Å². The van der Waals surface area contributed by atoms with E-state index in [-0.39, 0.29) is 16.7 Å². The fourth-order valence-corrected chi connectivity index (χ4v) is 6.66. The molecule has 0 amide bonds. The first-order chi connectivity index (χ1) is 12.6. The largest absolute Gasteiger partial charge is 0.481 e. The highest BCUT2D eigenvalue weighted by molar-refractivity contribution is 5.92. The molecule has 1 N–H and O–H groups in total. The van der Waals surface area contributed by atoms with Crippen molar-refractivity contribution in [3.05, 3.63) is 23.8 Å². The summed E-state index contributed by atoms with van der Waals surface area (Å²) >= 11 is 0. The van der Waals surface area contributed by atoms with Crippen LogP contribution in [-0.2, 0) is 14.4 Å². The first kappa shape index (κ1) is 20.0. The number of Topliss-reactive ketones (excluding diaryl/α,β-unsaturated/α-hetero) is 1. The van der Waals surface area contributed by atoms with Crippen molar-refractivity contribution in [1.29, 1.82) is 0 Å². The molecule has 0 aliphatic heterocycles. The topological polar surface area (TPSA) is 71.4 Å². The maximum Gasteiger partial charge on any atom is 0.300 e. The summed E-state index contributed by atoms with van der Waals surface area (Å²) in [6, 6.07) is 0. The van der Waals surface area contributed by atoms with E-state index >= 15 is 0 Å². The summed E-state index contributed by atoms with van der Waals surface area (Å²) in [5, 5.41) is 7.42. The van der Waals surface area contributed by atoms with Crippen molar-refractivity contribution < 1.29 is 19.5 Å². The summed E-state index contributed by atoms with van der Waals surface area (Å²) < 4.78 is 0. The predicted octanol–water partition coefficient (Wildman–Crippen LogP) is 4.59. The summed E-state index contributed by atoms with van der Waals surface area (Å²) in [6.07, 6.45) is 12.9. The van der Waals surface area contributed by atoms with Crippen molar-refractivity contribution in [3.8, 4) is 0 Å². The van der Waals surface area contributed by atoms with Crippen LogP contribution in [0.2, 0.25) is 0 Å². The van der Waals surface area contributed by atoms with Gasteiger partial charge in [-0.2, -0.15) is 0 Å². The van der Waals surface area contributed by atoms with Crippen molar-refractivity contribution in [3.63, 3.8) is 0 Å². The second-order valence-electron chi connectivity index (χ2n) is 9.44. The fourth-order valence-electron chi connectivity index (χ4n) is 6.66. The van der Waals surface area contributed by atoms with Gasteiger partial charge in [0.1, 0.15) is 5.78 Å². The Balaban J connectivity index is 0.000000481. The quantitative estimate of drug-likeness (QED) is 0.731. The smallest absolute Gasteiger partial charge is 0.300 e. The van der Waals surface area contributed by atoms with Crippen molar-refractivity contribution >= 4 is 17.5 Å². The van der Waals surface area contributed by atoms with Gasteiger partial charge in [0.25, 0.3) is 5.97 Å². The Hall–Kier alpha value is -1.71. The van der Waals surface area contributed by atoms with Gasteiger partial charge in [-0.15, -0.1) is 0 Å². The molecule has 2 saturated carbocycles. The average molecular weight is 373 g/mol. The predicted molar refractivity (Wildman–Crippen MR) is 104 cm³/mol.